The second kappa shape index (κ2) is 8.95. The lowest BCUT2D eigenvalue weighted by molar-refractivity contribution is 0.0956. The average molecular weight is 428 g/mol. The molecule has 0 saturated carbocycles. The van der Waals surface area contributed by atoms with Gasteiger partial charge in [0.05, 0.1) is 0 Å². The molecule has 2 atom stereocenters. The minimum absolute atomic E-state index is 0.0718. The third-order valence-corrected chi connectivity index (χ3v) is 6.23. The number of H-pyrrole nitrogens is 1. The monoisotopic (exact) mass is 427 g/mol. The summed E-state index contributed by atoms with van der Waals surface area (Å²) in [6.07, 6.45) is 11.8. The molecule has 1 aromatic carbocycles. The molecule has 2 aliphatic carbocycles. The number of aromatic amines is 1. The molecule has 2 N–H and O–H groups in total. The van der Waals surface area contributed by atoms with Gasteiger partial charge in [-0.2, -0.15) is 0 Å². The number of aliphatic imine (C=N–C) groups is 1. The molecule has 0 fully saturated rings. The molecule has 164 valence electrons. The van der Waals surface area contributed by atoms with E-state index in [-0.39, 0.29) is 17.4 Å². The zero-order chi connectivity index (χ0) is 22.7. The fraction of sp³-hybridized carbons (Fsp3) is 0.296. The highest BCUT2D eigenvalue weighted by Crippen LogP contribution is 2.51. The summed E-state index contributed by atoms with van der Waals surface area (Å²) in [6, 6.07) is 11.1. The SMILES string of the molecule is CC=C1C2C=C(C)CC1(N=C/C=C/c1cccc(C(=O)NCC)c1)c1ccc(=O)[nH]c1C2. The normalized spacial score (nSPS) is 23.4. The van der Waals surface area contributed by atoms with E-state index < -0.39 is 5.54 Å². The van der Waals surface area contributed by atoms with E-state index in [1.807, 2.05) is 55.6 Å². The molecule has 2 aliphatic rings. The van der Waals surface area contributed by atoms with Crippen LogP contribution in [0.15, 0.2) is 75.6 Å². The summed E-state index contributed by atoms with van der Waals surface area (Å²) in [6.45, 7) is 6.73. The number of nitrogens with one attached hydrogen (secondary N) is 2. The standard InChI is InChI=1S/C27H29N3O2/c1-4-22-21-14-18(3)17-27(22,23-11-12-25(31)30-24(23)16-21)29-13-7-9-19-8-6-10-20(15-19)26(32)28-5-2/h4,6-15,21H,5,16-17H2,1-3H3,(H,28,32)(H,30,31)/b9-7+,22-4?,29-13?. The Morgan fingerprint density at radius 2 is 2.16 bits per heavy atom. The number of carbonyl (C=O) groups excluding carboxylic acids is 1. The minimum atomic E-state index is -0.497. The van der Waals surface area contributed by atoms with Gasteiger partial charge in [-0.1, -0.05) is 35.9 Å². The van der Waals surface area contributed by atoms with Gasteiger partial charge in [-0.15, -0.1) is 0 Å². The van der Waals surface area contributed by atoms with Gasteiger partial charge in [0, 0.05) is 48.0 Å². The van der Waals surface area contributed by atoms with Crippen LogP contribution in [0.2, 0.25) is 0 Å². The van der Waals surface area contributed by atoms with E-state index in [9.17, 15) is 9.59 Å². The fourth-order valence-corrected chi connectivity index (χ4v) is 5.02. The zero-order valence-corrected chi connectivity index (χ0v) is 18.8. The molecule has 1 aromatic heterocycles. The molecule has 0 saturated heterocycles. The Kier molecular flexibility index (Phi) is 6.08. The molecule has 2 bridgehead atoms. The topological polar surface area (TPSA) is 74.3 Å². The van der Waals surface area contributed by atoms with Crippen molar-refractivity contribution < 1.29 is 4.79 Å². The van der Waals surface area contributed by atoms with Gasteiger partial charge in [-0.05, 0) is 62.6 Å². The predicted octanol–water partition coefficient (Wildman–Crippen LogP) is 4.57. The predicted molar refractivity (Wildman–Crippen MR) is 130 cm³/mol. The van der Waals surface area contributed by atoms with Crippen LogP contribution in [0.4, 0.5) is 0 Å². The summed E-state index contributed by atoms with van der Waals surface area (Å²) < 4.78 is 0. The number of benzene rings is 1. The minimum Gasteiger partial charge on any atom is -0.352 e. The van der Waals surface area contributed by atoms with Crippen LogP contribution < -0.4 is 10.9 Å². The molecule has 1 amide bonds. The average Bonchev–Trinajstić information content (AvgIpc) is 2.76. The van der Waals surface area contributed by atoms with Crippen molar-refractivity contribution >= 4 is 18.2 Å². The quantitative estimate of drug-likeness (QED) is 0.542. The Bertz CT molecular complexity index is 1220. The van der Waals surface area contributed by atoms with E-state index in [4.69, 9.17) is 4.99 Å². The maximum absolute atomic E-state index is 12.1. The Balaban J connectivity index is 1.68. The second-order valence-corrected chi connectivity index (χ2v) is 8.44. The van der Waals surface area contributed by atoms with Crippen molar-refractivity contribution in [3.63, 3.8) is 0 Å². The number of hydrogen-bond donors (Lipinski definition) is 2. The van der Waals surface area contributed by atoms with Crippen molar-refractivity contribution in [2.75, 3.05) is 6.54 Å². The van der Waals surface area contributed by atoms with Crippen molar-refractivity contribution in [2.45, 2.75) is 39.2 Å². The molecule has 5 heteroatoms. The van der Waals surface area contributed by atoms with Crippen molar-refractivity contribution in [1.82, 2.24) is 10.3 Å². The van der Waals surface area contributed by atoms with Crippen molar-refractivity contribution in [3.8, 4) is 0 Å². The molecule has 0 spiro atoms. The third-order valence-electron chi connectivity index (χ3n) is 6.23. The van der Waals surface area contributed by atoms with Gasteiger partial charge in [-0.3, -0.25) is 14.6 Å². The highest BCUT2D eigenvalue weighted by molar-refractivity contribution is 5.94. The first kappa shape index (κ1) is 21.8. The van der Waals surface area contributed by atoms with Crippen LogP contribution in [0.1, 0.15) is 54.4 Å². The van der Waals surface area contributed by atoms with Crippen LogP contribution in [0.5, 0.6) is 0 Å². The maximum Gasteiger partial charge on any atom is 0.251 e. The van der Waals surface area contributed by atoms with Crippen molar-refractivity contribution in [3.05, 3.63) is 98.5 Å². The van der Waals surface area contributed by atoms with Crippen LogP contribution in [0.3, 0.4) is 0 Å². The lowest BCUT2D eigenvalue weighted by Gasteiger charge is -2.45. The molecule has 2 aromatic rings. The third kappa shape index (κ3) is 4.03. The number of rotatable bonds is 5. The van der Waals surface area contributed by atoms with Gasteiger partial charge in [-0.25, -0.2) is 0 Å². The smallest absolute Gasteiger partial charge is 0.251 e. The molecule has 0 radical (unpaired) electrons. The Morgan fingerprint density at radius 1 is 1.31 bits per heavy atom. The number of hydrogen-bond acceptors (Lipinski definition) is 3. The number of pyridine rings is 1. The van der Waals surface area contributed by atoms with Crippen LogP contribution in [-0.4, -0.2) is 23.7 Å². The molecule has 2 unspecified atom stereocenters. The number of carbonyl (C=O) groups is 1. The van der Waals surface area contributed by atoms with E-state index in [1.54, 1.807) is 6.07 Å². The van der Waals surface area contributed by atoms with E-state index in [1.165, 1.54) is 11.1 Å². The highest BCUT2D eigenvalue weighted by atomic mass is 16.1. The van der Waals surface area contributed by atoms with Gasteiger partial charge in [0.15, 0.2) is 0 Å². The number of nitrogens with zero attached hydrogens (tertiary/aromatic N) is 1. The Labute approximate surface area is 188 Å². The molecular formula is C27H29N3O2. The molecule has 32 heavy (non-hydrogen) atoms. The molecule has 4 rings (SSSR count). The summed E-state index contributed by atoms with van der Waals surface area (Å²) >= 11 is 0. The van der Waals surface area contributed by atoms with Gasteiger partial charge >= 0.3 is 0 Å². The largest absolute Gasteiger partial charge is 0.352 e. The van der Waals surface area contributed by atoms with Crippen molar-refractivity contribution in [1.29, 1.82) is 0 Å². The van der Waals surface area contributed by atoms with Crippen molar-refractivity contribution in [2.24, 2.45) is 10.9 Å². The van der Waals surface area contributed by atoms with E-state index in [0.29, 0.717) is 12.1 Å². The summed E-state index contributed by atoms with van der Waals surface area (Å²) in [5, 5.41) is 2.83. The molecule has 5 nitrogen and oxygen atoms in total. The van der Waals surface area contributed by atoms with Gasteiger partial charge in [0.1, 0.15) is 5.54 Å². The first-order chi connectivity index (χ1) is 15.5. The molecular weight excluding hydrogens is 398 g/mol. The number of amides is 1. The first-order valence-corrected chi connectivity index (χ1v) is 11.1. The number of aromatic nitrogens is 1. The summed E-state index contributed by atoms with van der Waals surface area (Å²) in [7, 11) is 0. The van der Waals surface area contributed by atoms with Gasteiger partial charge in [0.25, 0.3) is 5.91 Å². The van der Waals surface area contributed by atoms with Crippen LogP contribution in [-0.2, 0) is 12.0 Å². The zero-order valence-electron chi connectivity index (χ0n) is 18.8. The summed E-state index contributed by atoms with van der Waals surface area (Å²) in [5.74, 6) is 0.172. The Hall–Kier alpha value is -3.47. The van der Waals surface area contributed by atoms with E-state index in [0.717, 1.165) is 29.7 Å². The fourth-order valence-electron chi connectivity index (χ4n) is 5.02. The van der Waals surface area contributed by atoms with E-state index >= 15 is 0 Å². The lowest BCUT2D eigenvalue weighted by Crippen LogP contribution is -2.40. The van der Waals surface area contributed by atoms with E-state index in [2.05, 4.69) is 36.3 Å². The number of allylic oxidation sites excluding steroid dienone is 3. The molecule has 0 aliphatic heterocycles. The Morgan fingerprint density at radius 3 is 2.94 bits per heavy atom. The lowest BCUT2D eigenvalue weighted by atomic mass is 9.63. The summed E-state index contributed by atoms with van der Waals surface area (Å²) in [5.41, 5.74) is 5.67. The second-order valence-electron chi connectivity index (χ2n) is 8.44. The maximum atomic E-state index is 12.1. The molecule has 1 heterocycles. The van der Waals surface area contributed by atoms with Crippen LogP contribution >= 0.6 is 0 Å². The summed E-state index contributed by atoms with van der Waals surface area (Å²) in [4.78, 5) is 32.2. The highest BCUT2D eigenvalue weighted by Gasteiger charge is 2.46. The van der Waals surface area contributed by atoms with Gasteiger partial charge < -0.3 is 10.3 Å². The first-order valence-electron chi connectivity index (χ1n) is 11.1. The van der Waals surface area contributed by atoms with Crippen LogP contribution in [0, 0.1) is 5.92 Å². The number of fused-ring (bicyclic) bond motifs is 4. The van der Waals surface area contributed by atoms with Crippen LogP contribution in [0.25, 0.3) is 6.08 Å². The van der Waals surface area contributed by atoms with Gasteiger partial charge in [0.2, 0.25) is 5.56 Å².